The van der Waals surface area contributed by atoms with Crippen molar-refractivity contribution in [3.05, 3.63) is 0 Å². The molecule has 4 nitrogen and oxygen atoms in total. The van der Waals surface area contributed by atoms with Gasteiger partial charge in [0.15, 0.2) is 5.96 Å². The third-order valence-corrected chi connectivity index (χ3v) is 5.87. The summed E-state index contributed by atoms with van der Waals surface area (Å²) >= 11 is 2.21. The molecule has 0 radical (unpaired) electrons. The van der Waals surface area contributed by atoms with Crippen molar-refractivity contribution in [3.63, 3.8) is 0 Å². The van der Waals surface area contributed by atoms with Gasteiger partial charge in [0.1, 0.15) is 0 Å². The summed E-state index contributed by atoms with van der Waals surface area (Å²) in [5.41, 5.74) is 0. The average Bonchev–Trinajstić information content (AvgIpc) is 2.48. The number of rotatable bonds is 4. The molecule has 1 N–H and O–H groups in total. The number of ether oxygens (including phenoxy) is 1. The summed E-state index contributed by atoms with van der Waals surface area (Å²) < 4.78 is 5.60. The van der Waals surface area contributed by atoms with E-state index in [1.807, 2.05) is 7.05 Å². The van der Waals surface area contributed by atoms with Crippen molar-refractivity contribution in [2.75, 3.05) is 46.2 Å². The topological polar surface area (TPSA) is 36.9 Å². The zero-order chi connectivity index (χ0) is 14.3. The van der Waals surface area contributed by atoms with Gasteiger partial charge < -0.3 is 15.0 Å². The Labute approximate surface area is 127 Å². The summed E-state index contributed by atoms with van der Waals surface area (Å²) in [6.45, 7) is 4.04. The van der Waals surface area contributed by atoms with Crippen molar-refractivity contribution in [1.29, 1.82) is 0 Å². The van der Waals surface area contributed by atoms with Gasteiger partial charge in [0.2, 0.25) is 0 Å². The maximum absolute atomic E-state index is 5.10. The molecule has 0 amide bonds. The highest BCUT2D eigenvalue weighted by molar-refractivity contribution is 8.00. The van der Waals surface area contributed by atoms with Crippen molar-refractivity contribution in [2.45, 2.75) is 43.3 Å². The first kappa shape index (κ1) is 16.0. The van der Waals surface area contributed by atoms with E-state index >= 15 is 0 Å². The first-order chi connectivity index (χ1) is 9.79. The number of nitrogens with one attached hydrogen (secondary N) is 1. The minimum Gasteiger partial charge on any atom is -0.385 e. The van der Waals surface area contributed by atoms with Crippen LogP contribution in [0.5, 0.6) is 0 Å². The Balaban J connectivity index is 1.86. The van der Waals surface area contributed by atoms with Gasteiger partial charge in [-0.05, 0) is 19.3 Å². The SMILES string of the molecule is CN=C(NCCCOC)N1CCSC2(CCCCC2)C1. The summed E-state index contributed by atoms with van der Waals surface area (Å²) in [6.07, 6.45) is 8.03. The van der Waals surface area contributed by atoms with Crippen LogP contribution in [0.2, 0.25) is 0 Å². The third kappa shape index (κ3) is 4.29. The predicted molar refractivity (Wildman–Crippen MR) is 87.7 cm³/mol. The van der Waals surface area contributed by atoms with E-state index in [1.165, 1.54) is 44.4 Å². The molecule has 0 aromatic heterocycles. The molecule has 0 unspecified atom stereocenters. The molecule has 0 bridgehead atoms. The van der Waals surface area contributed by atoms with Crippen LogP contribution in [0.1, 0.15) is 38.5 Å². The molecule has 1 saturated carbocycles. The van der Waals surface area contributed by atoms with Crippen LogP contribution in [0, 0.1) is 0 Å². The van der Waals surface area contributed by atoms with Crippen LogP contribution >= 0.6 is 11.8 Å². The first-order valence-electron chi connectivity index (χ1n) is 7.88. The second-order valence-corrected chi connectivity index (χ2v) is 7.40. The van der Waals surface area contributed by atoms with E-state index < -0.39 is 0 Å². The average molecular weight is 299 g/mol. The molecule has 1 aliphatic heterocycles. The molecule has 2 aliphatic rings. The summed E-state index contributed by atoms with van der Waals surface area (Å²) in [5, 5.41) is 3.48. The van der Waals surface area contributed by atoms with Crippen LogP contribution < -0.4 is 5.32 Å². The minimum absolute atomic E-state index is 0.501. The van der Waals surface area contributed by atoms with E-state index in [-0.39, 0.29) is 0 Å². The van der Waals surface area contributed by atoms with Gasteiger partial charge >= 0.3 is 0 Å². The van der Waals surface area contributed by atoms with Crippen molar-refractivity contribution in [1.82, 2.24) is 10.2 Å². The Morgan fingerprint density at radius 1 is 1.35 bits per heavy atom. The number of thioether (sulfide) groups is 1. The summed E-state index contributed by atoms with van der Waals surface area (Å²) in [6, 6.07) is 0. The molecule has 0 aromatic carbocycles. The van der Waals surface area contributed by atoms with Crippen LogP contribution in [0.25, 0.3) is 0 Å². The third-order valence-electron chi connectivity index (χ3n) is 4.33. The Bertz CT molecular complexity index is 311. The molecule has 1 aliphatic carbocycles. The van der Waals surface area contributed by atoms with Gasteiger partial charge in [-0.1, -0.05) is 19.3 Å². The van der Waals surface area contributed by atoms with Crippen molar-refractivity contribution < 1.29 is 4.74 Å². The number of guanidine groups is 1. The Morgan fingerprint density at radius 2 is 2.15 bits per heavy atom. The fourth-order valence-corrected chi connectivity index (χ4v) is 4.84. The maximum atomic E-state index is 5.10. The van der Waals surface area contributed by atoms with Crippen LogP contribution in [-0.2, 0) is 4.74 Å². The largest absolute Gasteiger partial charge is 0.385 e. The normalized spacial score (nSPS) is 23.1. The van der Waals surface area contributed by atoms with E-state index in [9.17, 15) is 0 Å². The quantitative estimate of drug-likeness (QED) is 0.491. The zero-order valence-corrected chi connectivity index (χ0v) is 13.8. The zero-order valence-electron chi connectivity index (χ0n) is 13.0. The summed E-state index contributed by atoms with van der Waals surface area (Å²) in [4.78, 5) is 6.94. The van der Waals surface area contributed by atoms with Crippen LogP contribution in [0.3, 0.4) is 0 Å². The maximum Gasteiger partial charge on any atom is 0.193 e. The lowest BCUT2D eigenvalue weighted by Crippen LogP contribution is -2.53. The van der Waals surface area contributed by atoms with Crippen molar-refractivity contribution in [3.8, 4) is 0 Å². The van der Waals surface area contributed by atoms with Crippen LogP contribution in [0.15, 0.2) is 4.99 Å². The van der Waals surface area contributed by atoms with Gasteiger partial charge in [0.05, 0.1) is 0 Å². The Morgan fingerprint density at radius 3 is 2.85 bits per heavy atom. The first-order valence-corrected chi connectivity index (χ1v) is 8.87. The lowest BCUT2D eigenvalue weighted by Gasteiger charge is -2.45. The van der Waals surface area contributed by atoms with E-state index in [2.05, 4.69) is 27.0 Å². The second kappa shape index (κ2) is 8.13. The van der Waals surface area contributed by atoms with E-state index in [4.69, 9.17) is 4.74 Å². The predicted octanol–water partition coefficient (Wildman–Crippen LogP) is 2.35. The molecule has 1 heterocycles. The van der Waals surface area contributed by atoms with Crippen LogP contribution in [-0.4, -0.2) is 61.8 Å². The minimum atomic E-state index is 0.501. The van der Waals surface area contributed by atoms with Crippen molar-refractivity contribution in [2.24, 2.45) is 4.99 Å². The fraction of sp³-hybridized carbons (Fsp3) is 0.933. The standard InChI is InChI=1S/C15H29N3OS/c1-16-14(17-9-6-11-19-2)18-10-12-20-15(13-18)7-4-3-5-8-15/h3-13H2,1-2H3,(H,16,17). The smallest absolute Gasteiger partial charge is 0.193 e. The highest BCUT2D eigenvalue weighted by Crippen LogP contribution is 2.42. The van der Waals surface area contributed by atoms with Gasteiger partial charge in [0.25, 0.3) is 0 Å². The lowest BCUT2D eigenvalue weighted by molar-refractivity contribution is 0.195. The van der Waals surface area contributed by atoms with Gasteiger partial charge in [-0.2, -0.15) is 11.8 Å². The van der Waals surface area contributed by atoms with Gasteiger partial charge in [0, 0.05) is 50.9 Å². The van der Waals surface area contributed by atoms with Crippen LogP contribution in [0.4, 0.5) is 0 Å². The number of hydrogen-bond donors (Lipinski definition) is 1. The van der Waals surface area contributed by atoms with Gasteiger partial charge in [-0.3, -0.25) is 4.99 Å². The highest BCUT2D eigenvalue weighted by Gasteiger charge is 2.38. The molecule has 2 fully saturated rings. The monoisotopic (exact) mass is 299 g/mol. The molecular weight excluding hydrogens is 270 g/mol. The summed E-state index contributed by atoms with van der Waals surface area (Å²) in [5.74, 6) is 2.31. The molecular formula is C15H29N3OS. The second-order valence-electron chi connectivity index (χ2n) is 5.83. The lowest BCUT2D eigenvalue weighted by atomic mass is 9.87. The van der Waals surface area contributed by atoms with Gasteiger partial charge in [-0.25, -0.2) is 0 Å². The van der Waals surface area contributed by atoms with Crippen molar-refractivity contribution >= 4 is 17.7 Å². The molecule has 20 heavy (non-hydrogen) atoms. The summed E-state index contributed by atoms with van der Waals surface area (Å²) in [7, 11) is 3.65. The fourth-order valence-electron chi connectivity index (χ4n) is 3.27. The molecule has 1 spiro atoms. The molecule has 2 rings (SSSR count). The van der Waals surface area contributed by atoms with E-state index in [1.54, 1.807) is 7.11 Å². The molecule has 1 saturated heterocycles. The number of nitrogens with zero attached hydrogens (tertiary/aromatic N) is 2. The molecule has 5 heteroatoms. The molecule has 0 atom stereocenters. The van der Waals surface area contributed by atoms with Gasteiger partial charge in [-0.15, -0.1) is 0 Å². The Kier molecular flexibility index (Phi) is 6.49. The Hall–Kier alpha value is -0.420. The molecule has 116 valence electrons. The number of aliphatic imine (C=N–C) groups is 1. The van der Waals surface area contributed by atoms with E-state index in [0.717, 1.165) is 32.1 Å². The van der Waals surface area contributed by atoms with E-state index in [0.29, 0.717) is 4.75 Å². The molecule has 0 aromatic rings. The number of methoxy groups -OCH3 is 1. The highest BCUT2D eigenvalue weighted by atomic mass is 32.2. The number of hydrogen-bond acceptors (Lipinski definition) is 3.